The zero-order valence-electron chi connectivity index (χ0n) is 16.2. The third-order valence-corrected chi connectivity index (χ3v) is 5.11. The van der Waals surface area contributed by atoms with Crippen LogP contribution >= 0.6 is 0 Å². The molecule has 1 heterocycles. The second-order valence-electron chi connectivity index (χ2n) is 7.00. The number of carbonyl (C=O) groups excluding carboxylic acids is 2. The van der Waals surface area contributed by atoms with Crippen LogP contribution in [0.1, 0.15) is 35.2 Å². The Morgan fingerprint density at radius 1 is 1.18 bits per heavy atom. The molecule has 5 nitrogen and oxygen atoms in total. The largest absolute Gasteiger partial charge is 0.497 e. The first-order chi connectivity index (χ1) is 13.5. The van der Waals surface area contributed by atoms with E-state index in [1.807, 2.05) is 13.0 Å². The fraction of sp³-hybridized carbons (Fsp3) is 0.364. The molecule has 1 fully saturated rings. The van der Waals surface area contributed by atoms with Gasteiger partial charge in [0.2, 0.25) is 5.91 Å². The Kier molecular flexibility index (Phi) is 6.29. The van der Waals surface area contributed by atoms with Gasteiger partial charge in [0.05, 0.1) is 13.0 Å². The topological polar surface area (TPSA) is 58.6 Å². The number of methoxy groups -OCH3 is 1. The van der Waals surface area contributed by atoms with Crippen LogP contribution in [0.15, 0.2) is 48.5 Å². The maximum atomic E-state index is 13.8. The number of halogens is 1. The molecule has 2 aromatic carbocycles. The summed E-state index contributed by atoms with van der Waals surface area (Å²) in [6.07, 6.45) is 0.831. The van der Waals surface area contributed by atoms with Crippen molar-refractivity contribution in [2.45, 2.75) is 19.3 Å². The molecule has 0 aromatic heterocycles. The Labute approximate surface area is 164 Å². The van der Waals surface area contributed by atoms with E-state index in [1.165, 1.54) is 12.1 Å². The van der Waals surface area contributed by atoms with Gasteiger partial charge in [0.1, 0.15) is 11.6 Å². The van der Waals surface area contributed by atoms with Gasteiger partial charge in [0.15, 0.2) is 0 Å². The van der Waals surface area contributed by atoms with E-state index in [0.29, 0.717) is 30.9 Å². The number of likely N-dealkylation sites (tertiary alicyclic amines) is 1. The van der Waals surface area contributed by atoms with Gasteiger partial charge in [-0.3, -0.25) is 9.59 Å². The lowest BCUT2D eigenvalue weighted by Crippen LogP contribution is -2.36. The molecule has 0 unspecified atom stereocenters. The van der Waals surface area contributed by atoms with E-state index in [2.05, 4.69) is 5.32 Å². The minimum absolute atomic E-state index is 0.0962. The fourth-order valence-electron chi connectivity index (χ4n) is 3.61. The highest BCUT2D eigenvalue weighted by molar-refractivity contribution is 5.95. The molecule has 0 aliphatic carbocycles. The van der Waals surface area contributed by atoms with E-state index >= 15 is 0 Å². The molecule has 1 aliphatic heterocycles. The summed E-state index contributed by atoms with van der Waals surface area (Å²) in [6.45, 7) is 3.25. The second kappa shape index (κ2) is 8.87. The second-order valence-corrected chi connectivity index (χ2v) is 7.00. The lowest BCUT2D eigenvalue weighted by atomic mass is 9.88. The van der Waals surface area contributed by atoms with Gasteiger partial charge in [-0.25, -0.2) is 4.39 Å². The van der Waals surface area contributed by atoms with Crippen LogP contribution < -0.4 is 10.1 Å². The van der Waals surface area contributed by atoms with Crippen LogP contribution in [-0.4, -0.2) is 43.5 Å². The summed E-state index contributed by atoms with van der Waals surface area (Å²) in [5.74, 6) is -0.557. The summed E-state index contributed by atoms with van der Waals surface area (Å²) in [5, 5.41) is 2.92. The minimum Gasteiger partial charge on any atom is -0.497 e. The van der Waals surface area contributed by atoms with Crippen molar-refractivity contribution in [3.05, 3.63) is 65.5 Å². The molecule has 1 N–H and O–H groups in total. The number of benzene rings is 2. The summed E-state index contributed by atoms with van der Waals surface area (Å²) >= 11 is 0. The maximum Gasteiger partial charge on any atom is 0.253 e. The number of nitrogens with zero attached hydrogens (tertiary/aromatic N) is 1. The molecule has 6 heteroatoms. The van der Waals surface area contributed by atoms with E-state index in [9.17, 15) is 14.0 Å². The standard InChI is InChI=1S/C22H25FN2O3/c1-3-11-24-21(26)20-14-25(13-19(20)16-5-4-6-17(23)12-16)22(27)15-7-9-18(28-2)10-8-15/h4-10,12,19-20H,3,11,13-14H2,1-2H3,(H,24,26)/t19-,20-/m0/s1. The lowest BCUT2D eigenvalue weighted by Gasteiger charge is -2.18. The van der Waals surface area contributed by atoms with Crippen LogP contribution in [0.4, 0.5) is 4.39 Å². The highest BCUT2D eigenvalue weighted by Gasteiger charge is 2.40. The Morgan fingerprint density at radius 3 is 2.57 bits per heavy atom. The molecular weight excluding hydrogens is 359 g/mol. The van der Waals surface area contributed by atoms with Gasteiger partial charge in [-0.2, -0.15) is 0 Å². The summed E-state index contributed by atoms with van der Waals surface area (Å²) < 4.78 is 18.9. The molecule has 0 saturated carbocycles. The van der Waals surface area contributed by atoms with Crippen molar-refractivity contribution in [3.63, 3.8) is 0 Å². The fourth-order valence-corrected chi connectivity index (χ4v) is 3.61. The van der Waals surface area contributed by atoms with Gasteiger partial charge in [0, 0.05) is 31.1 Å². The molecule has 2 amide bonds. The molecule has 0 radical (unpaired) electrons. The molecule has 28 heavy (non-hydrogen) atoms. The molecule has 2 aromatic rings. The number of ether oxygens (including phenoxy) is 1. The molecule has 1 aliphatic rings. The monoisotopic (exact) mass is 384 g/mol. The van der Waals surface area contributed by atoms with E-state index in [0.717, 1.165) is 12.0 Å². The molecule has 0 bridgehead atoms. The Balaban J connectivity index is 1.83. The van der Waals surface area contributed by atoms with Crippen LogP contribution in [0.25, 0.3) is 0 Å². The highest BCUT2D eigenvalue weighted by Crippen LogP contribution is 2.34. The summed E-state index contributed by atoms with van der Waals surface area (Å²) in [6, 6.07) is 13.2. The van der Waals surface area contributed by atoms with E-state index in [-0.39, 0.29) is 23.5 Å². The maximum absolute atomic E-state index is 13.8. The van der Waals surface area contributed by atoms with Crippen LogP contribution in [0.5, 0.6) is 5.75 Å². The number of rotatable bonds is 6. The van der Waals surface area contributed by atoms with Crippen molar-refractivity contribution in [2.24, 2.45) is 5.92 Å². The first kappa shape index (κ1) is 19.9. The summed E-state index contributed by atoms with van der Waals surface area (Å²) in [7, 11) is 1.57. The van der Waals surface area contributed by atoms with Crippen molar-refractivity contribution >= 4 is 11.8 Å². The SMILES string of the molecule is CCCNC(=O)[C@H]1CN(C(=O)c2ccc(OC)cc2)C[C@H]1c1cccc(F)c1. The Morgan fingerprint density at radius 2 is 1.93 bits per heavy atom. The summed E-state index contributed by atoms with van der Waals surface area (Å²) in [5.41, 5.74) is 1.27. The number of hydrogen-bond acceptors (Lipinski definition) is 3. The third-order valence-electron chi connectivity index (χ3n) is 5.11. The average molecular weight is 384 g/mol. The minimum atomic E-state index is -0.407. The van der Waals surface area contributed by atoms with Crippen LogP contribution in [0.3, 0.4) is 0 Å². The smallest absolute Gasteiger partial charge is 0.253 e. The van der Waals surface area contributed by atoms with Crippen molar-refractivity contribution in [3.8, 4) is 5.75 Å². The number of carbonyl (C=O) groups is 2. The molecular formula is C22H25FN2O3. The zero-order valence-corrected chi connectivity index (χ0v) is 16.2. The third kappa shape index (κ3) is 4.32. The normalized spacial score (nSPS) is 18.8. The van der Waals surface area contributed by atoms with Crippen LogP contribution in [0.2, 0.25) is 0 Å². The van der Waals surface area contributed by atoms with Gasteiger partial charge in [0.25, 0.3) is 5.91 Å². The van der Waals surface area contributed by atoms with Crippen molar-refractivity contribution in [2.75, 3.05) is 26.7 Å². The Hall–Kier alpha value is -2.89. The van der Waals surface area contributed by atoms with E-state index < -0.39 is 5.92 Å². The lowest BCUT2D eigenvalue weighted by molar-refractivity contribution is -0.124. The first-order valence-electron chi connectivity index (χ1n) is 9.50. The van der Waals surface area contributed by atoms with Gasteiger partial charge in [-0.1, -0.05) is 19.1 Å². The van der Waals surface area contributed by atoms with E-state index in [1.54, 1.807) is 42.3 Å². The number of hydrogen-bond donors (Lipinski definition) is 1. The predicted octanol–water partition coefficient (Wildman–Crippen LogP) is 3.22. The van der Waals surface area contributed by atoms with Gasteiger partial charge < -0.3 is 15.0 Å². The average Bonchev–Trinajstić information content (AvgIpc) is 3.17. The van der Waals surface area contributed by atoms with E-state index in [4.69, 9.17) is 4.74 Å². The van der Waals surface area contributed by atoms with Crippen LogP contribution in [-0.2, 0) is 4.79 Å². The van der Waals surface area contributed by atoms with Crippen molar-refractivity contribution in [1.29, 1.82) is 0 Å². The van der Waals surface area contributed by atoms with Gasteiger partial charge in [-0.15, -0.1) is 0 Å². The highest BCUT2D eigenvalue weighted by atomic mass is 19.1. The molecule has 2 atom stereocenters. The van der Waals surface area contributed by atoms with Crippen molar-refractivity contribution < 1.29 is 18.7 Å². The first-order valence-corrected chi connectivity index (χ1v) is 9.50. The van der Waals surface area contributed by atoms with Gasteiger partial charge >= 0.3 is 0 Å². The molecule has 1 saturated heterocycles. The van der Waals surface area contributed by atoms with Crippen molar-refractivity contribution in [1.82, 2.24) is 10.2 Å². The number of nitrogens with one attached hydrogen (secondary N) is 1. The van der Waals surface area contributed by atoms with Crippen LogP contribution in [0, 0.1) is 11.7 Å². The Bertz CT molecular complexity index is 838. The zero-order chi connectivity index (χ0) is 20.1. The molecule has 0 spiro atoms. The quantitative estimate of drug-likeness (QED) is 0.832. The number of amides is 2. The molecule has 3 rings (SSSR count). The predicted molar refractivity (Wildman–Crippen MR) is 105 cm³/mol. The molecule has 148 valence electrons. The van der Waals surface area contributed by atoms with Gasteiger partial charge in [-0.05, 0) is 48.4 Å². The summed E-state index contributed by atoms with van der Waals surface area (Å²) in [4.78, 5) is 27.3.